The Hall–Kier alpha value is -6.20. The molecule has 0 aromatic heterocycles. The van der Waals surface area contributed by atoms with E-state index in [1.807, 2.05) is 13.8 Å². The summed E-state index contributed by atoms with van der Waals surface area (Å²) in [6, 6.07) is -0.467. The van der Waals surface area contributed by atoms with E-state index in [0.717, 1.165) is 0 Å². The molecule has 23 nitrogen and oxygen atoms in total. The zero-order chi connectivity index (χ0) is 49.3. The van der Waals surface area contributed by atoms with Crippen LogP contribution in [0.25, 0.3) is 0 Å². The Morgan fingerprint density at radius 3 is 1.77 bits per heavy atom. The third-order valence-electron chi connectivity index (χ3n) is 10.7. The van der Waals surface area contributed by atoms with E-state index in [1.54, 1.807) is 30.3 Å². The number of hydrogen-bond acceptors (Lipinski definition) is 13. The summed E-state index contributed by atoms with van der Waals surface area (Å²) in [6.07, 6.45) is 0.860. The van der Waals surface area contributed by atoms with E-state index in [2.05, 4.69) is 31.9 Å². The van der Waals surface area contributed by atoms with Crippen molar-refractivity contribution in [1.82, 2.24) is 36.8 Å². The number of carbonyl (C=O) groups excluding carboxylic acids is 7. The Labute approximate surface area is 383 Å². The molecular weight excluding hydrogens is 865 g/mol. The summed E-state index contributed by atoms with van der Waals surface area (Å²) < 4.78 is 0. The zero-order valence-electron chi connectivity index (χ0n) is 37.6. The summed E-state index contributed by atoms with van der Waals surface area (Å²) in [5.41, 5.74) is 17.8. The van der Waals surface area contributed by atoms with Crippen molar-refractivity contribution in [2.45, 2.75) is 140 Å². The van der Waals surface area contributed by atoms with Gasteiger partial charge in [0.25, 0.3) is 0 Å². The minimum Gasteiger partial charge on any atom is -0.481 e. The van der Waals surface area contributed by atoms with Gasteiger partial charge >= 0.3 is 17.9 Å². The van der Waals surface area contributed by atoms with E-state index in [-0.39, 0.29) is 51.1 Å². The first-order chi connectivity index (χ1) is 31.3. The van der Waals surface area contributed by atoms with Crippen molar-refractivity contribution in [2.75, 3.05) is 26.2 Å². The van der Waals surface area contributed by atoms with E-state index < -0.39 is 127 Å². The number of amides is 7. The summed E-state index contributed by atoms with van der Waals surface area (Å²) in [5, 5.41) is 43.3. The highest BCUT2D eigenvalue weighted by Crippen LogP contribution is 2.19. The van der Waals surface area contributed by atoms with E-state index in [9.17, 15) is 63.3 Å². The largest absolute Gasteiger partial charge is 0.481 e. The fourth-order valence-corrected chi connectivity index (χ4v) is 7.20. The molecule has 0 bridgehead atoms. The normalized spacial score (nSPS) is 16.1. The van der Waals surface area contributed by atoms with Gasteiger partial charge in [0.1, 0.15) is 36.3 Å². The molecule has 1 saturated heterocycles. The summed E-state index contributed by atoms with van der Waals surface area (Å²) in [6.45, 7) is 3.58. The predicted molar refractivity (Wildman–Crippen MR) is 238 cm³/mol. The second-order valence-electron chi connectivity index (χ2n) is 16.6. The highest BCUT2D eigenvalue weighted by Gasteiger charge is 2.38. The van der Waals surface area contributed by atoms with Crippen molar-refractivity contribution in [3.05, 3.63) is 35.9 Å². The van der Waals surface area contributed by atoms with Crippen molar-refractivity contribution in [1.29, 1.82) is 0 Å². The van der Waals surface area contributed by atoms with E-state index in [1.165, 1.54) is 4.90 Å². The first-order valence-corrected chi connectivity index (χ1v) is 22.2. The first kappa shape index (κ1) is 55.9. The highest BCUT2D eigenvalue weighted by molar-refractivity contribution is 5.98. The van der Waals surface area contributed by atoms with Crippen LogP contribution in [0.2, 0.25) is 0 Å². The van der Waals surface area contributed by atoms with Gasteiger partial charge < -0.3 is 69.3 Å². The zero-order valence-corrected chi connectivity index (χ0v) is 37.6. The Kier molecular flexibility index (Phi) is 24.9. The predicted octanol–water partition coefficient (Wildman–Crippen LogP) is -2.18. The molecule has 7 amide bonds. The average molecular weight is 933 g/mol. The van der Waals surface area contributed by atoms with Crippen molar-refractivity contribution in [2.24, 2.45) is 23.1 Å². The lowest BCUT2D eigenvalue weighted by Gasteiger charge is -2.28. The molecule has 1 aliphatic heterocycles. The Morgan fingerprint density at radius 1 is 0.667 bits per heavy atom. The molecule has 2 rings (SSSR count). The van der Waals surface area contributed by atoms with Crippen LogP contribution in [0.15, 0.2) is 30.3 Å². The average Bonchev–Trinajstić information content (AvgIpc) is 3.76. The number of carboxylic acid groups (broad SMARTS) is 3. The molecule has 1 aromatic carbocycles. The summed E-state index contributed by atoms with van der Waals surface area (Å²) >= 11 is 0. The van der Waals surface area contributed by atoms with Gasteiger partial charge in [-0.15, -0.1) is 0 Å². The summed E-state index contributed by atoms with van der Waals surface area (Å²) in [5.74, 6) is -9.96. The lowest BCUT2D eigenvalue weighted by Crippen LogP contribution is -2.58. The van der Waals surface area contributed by atoms with Crippen molar-refractivity contribution < 1.29 is 63.3 Å². The number of carboxylic acids is 3. The van der Waals surface area contributed by atoms with Crippen LogP contribution in [0, 0.1) is 5.92 Å². The molecule has 0 aliphatic carbocycles. The standard InChI is InChI=1S/C43H68N10O13/c1-25(2)21-27(46)37(59)48-29(16-17-35(55)56)40(62)52-32(23-36(57)58)38(60)47-24-34(54)53-20-10-15-33(53)42(64)49-28(13-6-8-18-44)39(61)51-31(22-26-11-4-3-5-12-26)41(63)50-30(43(65)66)14-7-9-19-45/h3-5,11-12,25,27-33H,6-10,13-24,44-46H2,1-2H3,(H,47,60)(H,48,59)(H,49,64)(H,50,63)(H,51,61)(H,52,62)(H,55,56)(H,57,58)(H,65,66)/t27-,28-,29-,30-,31-,32-,33-/m0/s1. The molecule has 23 heteroatoms. The van der Waals surface area contributed by atoms with E-state index in [0.29, 0.717) is 44.2 Å². The quantitative estimate of drug-likeness (QED) is 0.0352. The lowest BCUT2D eigenvalue weighted by molar-refractivity contribution is -0.142. The molecule has 368 valence electrons. The number of nitrogens with one attached hydrogen (secondary N) is 6. The minimum atomic E-state index is -1.78. The molecule has 1 aliphatic rings. The molecule has 15 N–H and O–H groups in total. The van der Waals surface area contributed by atoms with Crippen LogP contribution in [-0.4, -0.2) is 148 Å². The SMILES string of the molecule is CC(C)C[C@H](N)C(=O)N[C@@H](CCC(=O)O)C(=O)N[C@@H](CC(=O)O)C(=O)NCC(=O)N1CCC[C@H]1C(=O)N[C@@H](CCCCN)C(=O)N[C@@H](Cc1ccccc1)C(=O)N[C@@H](CCCCN)C(=O)O. The van der Waals surface area contributed by atoms with Gasteiger partial charge in [0, 0.05) is 19.4 Å². The maximum absolute atomic E-state index is 13.9. The number of unbranched alkanes of at least 4 members (excludes halogenated alkanes) is 2. The van der Waals surface area contributed by atoms with Crippen molar-refractivity contribution in [3.63, 3.8) is 0 Å². The summed E-state index contributed by atoms with van der Waals surface area (Å²) in [7, 11) is 0. The van der Waals surface area contributed by atoms with Crippen molar-refractivity contribution in [3.8, 4) is 0 Å². The second kappa shape index (κ2) is 29.4. The Bertz CT molecular complexity index is 1820. The minimum absolute atomic E-state index is 0.00744. The van der Waals surface area contributed by atoms with Gasteiger partial charge in [0.15, 0.2) is 0 Å². The fourth-order valence-electron chi connectivity index (χ4n) is 7.20. The summed E-state index contributed by atoms with van der Waals surface area (Å²) in [4.78, 5) is 130. The van der Waals surface area contributed by atoms with Gasteiger partial charge in [0.2, 0.25) is 41.4 Å². The van der Waals surface area contributed by atoms with Crippen LogP contribution in [0.1, 0.15) is 96.5 Å². The molecule has 66 heavy (non-hydrogen) atoms. The Balaban J connectivity index is 2.22. The van der Waals surface area contributed by atoms with Gasteiger partial charge in [-0.1, -0.05) is 44.2 Å². The Morgan fingerprint density at radius 2 is 1.21 bits per heavy atom. The fraction of sp³-hybridized carbons (Fsp3) is 0.628. The number of aliphatic carboxylic acids is 3. The first-order valence-electron chi connectivity index (χ1n) is 22.2. The molecule has 1 aromatic rings. The third kappa shape index (κ3) is 20.3. The molecule has 0 spiro atoms. The second-order valence-corrected chi connectivity index (χ2v) is 16.6. The van der Waals surface area contributed by atoms with Crippen LogP contribution in [0.4, 0.5) is 0 Å². The van der Waals surface area contributed by atoms with Gasteiger partial charge in [-0.25, -0.2) is 4.79 Å². The molecule has 0 unspecified atom stereocenters. The van der Waals surface area contributed by atoms with Crippen LogP contribution in [-0.2, 0) is 54.4 Å². The van der Waals surface area contributed by atoms with Gasteiger partial charge in [-0.3, -0.25) is 43.2 Å². The molecule has 0 saturated carbocycles. The third-order valence-corrected chi connectivity index (χ3v) is 10.7. The number of nitrogens with two attached hydrogens (primary N) is 3. The van der Waals surface area contributed by atoms with Gasteiger partial charge in [0.05, 0.1) is 19.0 Å². The maximum Gasteiger partial charge on any atom is 0.326 e. The molecular formula is C43H68N10O13. The van der Waals surface area contributed by atoms with E-state index >= 15 is 0 Å². The number of carbonyl (C=O) groups is 10. The topological polar surface area (TPSA) is 385 Å². The van der Waals surface area contributed by atoms with Crippen LogP contribution in [0.3, 0.4) is 0 Å². The van der Waals surface area contributed by atoms with Gasteiger partial charge in [-0.05, 0) is 88.8 Å². The molecule has 1 fully saturated rings. The number of rotatable bonds is 31. The van der Waals surface area contributed by atoms with Crippen LogP contribution < -0.4 is 49.1 Å². The smallest absolute Gasteiger partial charge is 0.326 e. The van der Waals surface area contributed by atoms with Crippen LogP contribution >= 0.6 is 0 Å². The maximum atomic E-state index is 13.9. The number of hydrogen-bond donors (Lipinski definition) is 12. The van der Waals surface area contributed by atoms with Gasteiger partial charge in [-0.2, -0.15) is 0 Å². The molecule has 0 radical (unpaired) electrons. The number of benzene rings is 1. The molecule has 1 heterocycles. The van der Waals surface area contributed by atoms with Crippen molar-refractivity contribution >= 4 is 59.3 Å². The molecule has 7 atom stereocenters. The number of likely N-dealkylation sites (tertiary alicyclic amines) is 1. The highest BCUT2D eigenvalue weighted by atomic mass is 16.4. The van der Waals surface area contributed by atoms with Crippen LogP contribution in [0.5, 0.6) is 0 Å². The monoisotopic (exact) mass is 932 g/mol. The van der Waals surface area contributed by atoms with E-state index in [4.69, 9.17) is 17.2 Å². The lowest BCUT2D eigenvalue weighted by atomic mass is 10.0. The number of nitrogens with zero attached hydrogens (tertiary/aromatic N) is 1.